The molecular formula is C26H27ClN2O3. The topological polar surface area (TPSA) is 58.6 Å². The number of hydrogen-bond acceptors (Lipinski definition) is 3. The van der Waals surface area contributed by atoms with Gasteiger partial charge in [0.2, 0.25) is 11.8 Å². The predicted octanol–water partition coefficient (Wildman–Crippen LogP) is 4.62. The molecule has 0 saturated heterocycles. The molecule has 2 amide bonds. The van der Waals surface area contributed by atoms with Crippen LogP contribution >= 0.6 is 11.6 Å². The SMILES string of the molecule is COc1ccccc1CNC(=O)[C@H](C)N(Cc1ccc(Cl)cc1)C(=O)Cc1ccccc1. The van der Waals surface area contributed by atoms with E-state index in [9.17, 15) is 9.59 Å². The molecule has 3 rings (SSSR count). The normalized spacial score (nSPS) is 11.5. The summed E-state index contributed by atoms with van der Waals surface area (Å²) in [5, 5.41) is 3.56. The van der Waals surface area contributed by atoms with E-state index in [4.69, 9.17) is 16.3 Å². The number of para-hydroxylation sites is 1. The van der Waals surface area contributed by atoms with E-state index in [0.29, 0.717) is 23.9 Å². The Hall–Kier alpha value is -3.31. The third-order valence-corrected chi connectivity index (χ3v) is 5.53. The number of ether oxygens (including phenoxy) is 1. The quantitative estimate of drug-likeness (QED) is 0.517. The van der Waals surface area contributed by atoms with Crippen LogP contribution in [0.5, 0.6) is 5.75 Å². The zero-order valence-electron chi connectivity index (χ0n) is 18.3. The van der Waals surface area contributed by atoms with Crippen LogP contribution in [0.3, 0.4) is 0 Å². The Morgan fingerprint density at radius 1 is 0.938 bits per heavy atom. The molecule has 0 fully saturated rings. The van der Waals surface area contributed by atoms with E-state index in [1.54, 1.807) is 31.1 Å². The number of benzene rings is 3. The van der Waals surface area contributed by atoms with Gasteiger partial charge in [0.25, 0.3) is 0 Å². The highest BCUT2D eigenvalue weighted by molar-refractivity contribution is 6.30. The van der Waals surface area contributed by atoms with Crippen molar-refractivity contribution in [2.24, 2.45) is 0 Å². The highest BCUT2D eigenvalue weighted by Crippen LogP contribution is 2.18. The van der Waals surface area contributed by atoms with Gasteiger partial charge in [-0.25, -0.2) is 0 Å². The van der Waals surface area contributed by atoms with E-state index in [-0.39, 0.29) is 18.2 Å². The van der Waals surface area contributed by atoms with Crippen molar-refractivity contribution >= 4 is 23.4 Å². The second-order valence-corrected chi connectivity index (χ2v) is 7.95. The molecule has 0 radical (unpaired) electrons. The van der Waals surface area contributed by atoms with Crippen LogP contribution in [0.2, 0.25) is 5.02 Å². The smallest absolute Gasteiger partial charge is 0.242 e. The van der Waals surface area contributed by atoms with Crippen LogP contribution in [0, 0.1) is 0 Å². The van der Waals surface area contributed by atoms with E-state index in [0.717, 1.165) is 16.7 Å². The van der Waals surface area contributed by atoms with Crippen molar-refractivity contribution in [3.63, 3.8) is 0 Å². The fourth-order valence-electron chi connectivity index (χ4n) is 3.42. The molecule has 0 spiro atoms. The van der Waals surface area contributed by atoms with E-state index in [1.165, 1.54) is 0 Å². The Morgan fingerprint density at radius 3 is 2.28 bits per heavy atom. The lowest BCUT2D eigenvalue weighted by molar-refractivity contribution is -0.140. The first-order chi connectivity index (χ1) is 15.5. The average Bonchev–Trinajstić information content (AvgIpc) is 2.82. The Morgan fingerprint density at radius 2 is 1.59 bits per heavy atom. The lowest BCUT2D eigenvalue weighted by atomic mass is 10.1. The fraction of sp³-hybridized carbons (Fsp3) is 0.231. The van der Waals surface area contributed by atoms with Gasteiger partial charge < -0.3 is 15.0 Å². The minimum Gasteiger partial charge on any atom is -0.496 e. The third-order valence-electron chi connectivity index (χ3n) is 5.28. The van der Waals surface area contributed by atoms with E-state index >= 15 is 0 Å². The second kappa shape index (κ2) is 11.3. The molecule has 3 aromatic carbocycles. The molecule has 0 aliphatic heterocycles. The zero-order valence-corrected chi connectivity index (χ0v) is 19.0. The van der Waals surface area contributed by atoms with Gasteiger partial charge in [-0.05, 0) is 36.2 Å². The summed E-state index contributed by atoms with van der Waals surface area (Å²) in [6.45, 7) is 2.37. The first-order valence-corrected chi connectivity index (χ1v) is 10.8. The summed E-state index contributed by atoms with van der Waals surface area (Å²) in [4.78, 5) is 27.8. The Balaban J connectivity index is 1.74. The van der Waals surface area contributed by atoms with Gasteiger partial charge in [0.15, 0.2) is 0 Å². The minimum atomic E-state index is -0.656. The van der Waals surface area contributed by atoms with Gasteiger partial charge in [0.05, 0.1) is 13.5 Å². The number of amides is 2. The highest BCUT2D eigenvalue weighted by Gasteiger charge is 2.26. The molecule has 3 aromatic rings. The first kappa shape index (κ1) is 23.4. The van der Waals surface area contributed by atoms with Gasteiger partial charge in [-0.3, -0.25) is 9.59 Å². The Bertz CT molecular complexity index is 1040. The van der Waals surface area contributed by atoms with Crippen LogP contribution < -0.4 is 10.1 Å². The van der Waals surface area contributed by atoms with Gasteiger partial charge >= 0.3 is 0 Å². The van der Waals surface area contributed by atoms with Crippen molar-refractivity contribution in [2.75, 3.05) is 7.11 Å². The monoisotopic (exact) mass is 450 g/mol. The minimum absolute atomic E-state index is 0.119. The molecule has 1 atom stereocenters. The highest BCUT2D eigenvalue weighted by atomic mass is 35.5. The van der Waals surface area contributed by atoms with Crippen molar-refractivity contribution in [3.8, 4) is 5.75 Å². The average molecular weight is 451 g/mol. The summed E-state index contributed by atoms with van der Waals surface area (Å²) < 4.78 is 5.35. The summed E-state index contributed by atoms with van der Waals surface area (Å²) in [6, 6.07) is 23.7. The number of halogens is 1. The summed E-state index contributed by atoms with van der Waals surface area (Å²) in [5.41, 5.74) is 2.68. The molecule has 0 unspecified atom stereocenters. The van der Waals surface area contributed by atoms with Crippen LogP contribution in [-0.4, -0.2) is 29.9 Å². The zero-order chi connectivity index (χ0) is 22.9. The number of rotatable bonds is 9. The second-order valence-electron chi connectivity index (χ2n) is 7.52. The van der Waals surface area contributed by atoms with Gasteiger partial charge in [0, 0.05) is 23.7 Å². The van der Waals surface area contributed by atoms with Crippen molar-refractivity contribution in [2.45, 2.75) is 32.5 Å². The maximum atomic E-state index is 13.2. The summed E-state index contributed by atoms with van der Waals surface area (Å²) >= 11 is 6.00. The third kappa shape index (κ3) is 6.34. The van der Waals surface area contributed by atoms with Gasteiger partial charge in [-0.2, -0.15) is 0 Å². The van der Waals surface area contributed by atoms with Crippen LogP contribution in [-0.2, 0) is 29.1 Å². The van der Waals surface area contributed by atoms with Crippen LogP contribution in [0.4, 0.5) is 0 Å². The van der Waals surface area contributed by atoms with Crippen LogP contribution in [0.1, 0.15) is 23.6 Å². The van der Waals surface area contributed by atoms with Crippen LogP contribution in [0.25, 0.3) is 0 Å². The van der Waals surface area contributed by atoms with Crippen molar-refractivity contribution < 1.29 is 14.3 Å². The van der Waals surface area contributed by atoms with Crippen molar-refractivity contribution in [3.05, 3.63) is 101 Å². The number of hydrogen-bond donors (Lipinski definition) is 1. The number of carbonyl (C=O) groups is 2. The Labute approximate surface area is 194 Å². The molecule has 0 bridgehead atoms. The fourth-order valence-corrected chi connectivity index (χ4v) is 3.55. The molecule has 5 nitrogen and oxygen atoms in total. The molecule has 0 aliphatic carbocycles. The standard InChI is InChI=1S/C26H27ClN2O3/c1-19(26(31)28-17-22-10-6-7-11-24(22)32-2)29(18-21-12-14-23(27)15-13-21)25(30)16-20-8-4-3-5-9-20/h3-15,19H,16-18H2,1-2H3,(H,28,31)/t19-/m0/s1. The largest absolute Gasteiger partial charge is 0.496 e. The number of methoxy groups -OCH3 is 1. The summed E-state index contributed by atoms with van der Waals surface area (Å²) in [7, 11) is 1.60. The van der Waals surface area contributed by atoms with Crippen molar-refractivity contribution in [1.82, 2.24) is 10.2 Å². The Kier molecular flexibility index (Phi) is 8.28. The van der Waals surface area contributed by atoms with Gasteiger partial charge in [0.1, 0.15) is 11.8 Å². The molecule has 0 saturated carbocycles. The first-order valence-electron chi connectivity index (χ1n) is 10.5. The van der Waals surface area contributed by atoms with Gasteiger partial charge in [-0.15, -0.1) is 0 Å². The molecule has 1 N–H and O–H groups in total. The maximum Gasteiger partial charge on any atom is 0.242 e. The lowest BCUT2D eigenvalue weighted by Crippen LogP contribution is -2.48. The molecule has 0 heterocycles. The molecule has 0 aromatic heterocycles. The number of carbonyl (C=O) groups excluding carboxylic acids is 2. The molecule has 0 aliphatic rings. The van der Waals surface area contributed by atoms with Crippen molar-refractivity contribution in [1.29, 1.82) is 0 Å². The van der Waals surface area contributed by atoms with Crippen LogP contribution in [0.15, 0.2) is 78.9 Å². The van der Waals surface area contributed by atoms with E-state index < -0.39 is 6.04 Å². The van der Waals surface area contributed by atoms with E-state index in [1.807, 2.05) is 66.7 Å². The van der Waals surface area contributed by atoms with Gasteiger partial charge in [-0.1, -0.05) is 72.3 Å². The summed E-state index contributed by atoms with van der Waals surface area (Å²) in [6.07, 6.45) is 0.221. The lowest BCUT2D eigenvalue weighted by Gasteiger charge is -2.29. The maximum absolute atomic E-state index is 13.2. The summed E-state index contributed by atoms with van der Waals surface area (Å²) in [5.74, 6) is 0.357. The molecule has 166 valence electrons. The number of nitrogens with zero attached hydrogens (tertiary/aromatic N) is 1. The molecular weight excluding hydrogens is 424 g/mol. The molecule has 32 heavy (non-hydrogen) atoms. The van der Waals surface area contributed by atoms with E-state index in [2.05, 4.69) is 5.32 Å². The predicted molar refractivity (Wildman–Crippen MR) is 126 cm³/mol. The number of nitrogens with one attached hydrogen (secondary N) is 1. The molecule has 6 heteroatoms.